The van der Waals surface area contributed by atoms with Gasteiger partial charge in [0.1, 0.15) is 5.82 Å². The van der Waals surface area contributed by atoms with Crippen molar-refractivity contribution in [3.05, 3.63) is 47.8 Å². The van der Waals surface area contributed by atoms with E-state index in [0.29, 0.717) is 0 Å². The molecule has 2 aromatic heterocycles. The highest BCUT2D eigenvalue weighted by atomic mass is 15.1. The SMILES string of the molecule is CNCc1cccc(Cn2ccnc2C)n1. The van der Waals surface area contributed by atoms with E-state index < -0.39 is 0 Å². The number of aromatic nitrogens is 3. The zero-order valence-corrected chi connectivity index (χ0v) is 9.64. The van der Waals surface area contributed by atoms with Gasteiger partial charge in [-0.15, -0.1) is 0 Å². The van der Waals surface area contributed by atoms with Crippen molar-refractivity contribution in [3.8, 4) is 0 Å². The van der Waals surface area contributed by atoms with Crippen LogP contribution in [0.15, 0.2) is 30.6 Å². The molecule has 0 aliphatic heterocycles. The van der Waals surface area contributed by atoms with Gasteiger partial charge in [0.05, 0.1) is 17.9 Å². The number of nitrogens with zero attached hydrogens (tertiary/aromatic N) is 3. The molecule has 0 saturated carbocycles. The minimum absolute atomic E-state index is 0.781. The molecular formula is C12H16N4. The minimum atomic E-state index is 0.781. The number of aryl methyl sites for hydroxylation is 1. The molecule has 0 spiro atoms. The van der Waals surface area contributed by atoms with E-state index in [1.807, 2.05) is 44.6 Å². The molecule has 4 heteroatoms. The van der Waals surface area contributed by atoms with Crippen LogP contribution in [-0.4, -0.2) is 21.6 Å². The minimum Gasteiger partial charge on any atom is -0.329 e. The van der Waals surface area contributed by atoms with Crippen LogP contribution >= 0.6 is 0 Å². The van der Waals surface area contributed by atoms with Gasteiger partial charge in [0.15, 0.2) is 0 Å². The van der Waals surface area contributed by atoms with Crippen LogP contribution in [0, 0.1) is 6.92 Å². The van der Waals surface area contributed by atoms with E-state index in [9.17, 15) is 0 Å². The average molecular weight is 216 g/mol. The van der Waals surface area contributed by atoms with E-state index in [2.05, 4.69) is 19.9 Å². The van der Waals surface area contributed by atoms with Crippen molar-refractivity contribution in [2.75, 3.05) is 7.05 Å². The van der Waals surface area contributed by atoms with E-state index in [1.54, 1.807) is 0 Å². The van der Waals surface area contributed by atoms with Gasteiger partial charge in [-0.1, -0.05) is 6.07 Å². The number of hydrogen-bond donors (Lipinski definition) is 1. The number of nitrogens with one attached hydrogen (secondary N) is 1. The molecule has 2 aromatic rings. The zero-order valence-electron chi connectivity index (χ0n) is 9.64. The summed E-state index contributed by atoms with van der Waals surface area (Å²) in [5.74, 6) is 1.01. The fourth-order valence-corrected chi connectivity index (χ4v) is 1.64. The van der Waals surface area contributed by atoms with Gasteiger partial charge in [-0.3, -0.25) is 4.98 Å². The topological polar surface area (TPSA) is 42.7 Å². The van der Waals surface area contributed by atoms with Gasteiger partial charge in [0.25, 0.3) is 0 Å². The third-order valence-electron chi connectivity index (χ3n) is 2.48. The molecule has 0 unspecified atom stereocenters. The van der Waals surface area contributed by atoms with E-state index in [0.717, 1.165) is 30.3 Å². The largest absolute Gasteiger partial charge is 0.329 e. The van der Waals surface area contributed by atoms with Crippen LogP contribution in [0.5, 0.6) is 0 Å². The second-order valence-corrected chi connectivity index (χ2v) is 3.75. The van der Waals surface area contributed by atoms with Gasteiger partial charge in [-0.2, -0.15) is 0 Å². The highest BCUT2D eigenvalue weighted by Crippen LogP contribution is 2.04. The van der Waals surface area contributed by atoms with Crippen molar-refractivity contribution in [2.45, 2.75) is 20.0 Å². The van der Waals surface area contributed by atoms with Crippen LogP contribution in [0.25, 0.3) is 0 Å². The highest BCUT2D eigenvalue weighted by Gasteiger charge is 2.00. The maximum Gasteiger partial charge on any atom is 0.105 e. The molecule has 0 saturated heterocycles. The predicted molar refractivity (Wildman–Crippen MR) is 63.1 cm³/mol. The van der Waals surface area contributed by atoms with Gasteiger partial charge in [-0.05, 0) is 26.1 Å². The summed E-state index contributed by atoms with van der Waals surface area (Å²) in [5.41, 5.74) is 2.13. The number of imidazole rings is 1. The third kappa shape index (κ3) is 2.46. The summed E-state index contributed by atoms with van der Waals surface area (Å²) in [4.78, 5) is 8.76. The maximum absolute atomic E-state index is 4.57. The first-order chi connectivity index (χ1) is 7.79. The third-order valence-corrected chi connectivity index (χ3v) is 2.48. The molecule has 0 aromatic carbocycles. The Morgan fingerprint density at radius 3 is 2.81 bits per heavy atom. The molecular weight excluding hydrogens is 200 g/mol. The molecule has 2 rings (SSSR count). The molecule has 4 nitrogen and oxygen atoms in total. The van der Waals surface area contributed by atoms with E-state index in [-0.39, 0.29) is 0 Å². The highest BCUT2D eigenvalue weighted by molar-refractivity contribution is 5.12. The monoisotopic (exact) mass is 216 g/mol. The summed E-state index contributed by atoms with van der Waals surface area (Å²) in [7, 11) is 1.92. The van der Waals surface area contributed by atoms with Gasteiger partial charge in [0, 0.05) is 18.9 Å². The molecule has 2 heterocycles. The van der Waals surface area contributed by atoms with Crippen LogP contribution in [0.4, 0.5) is 0 Å². The van der Waals surface area contributed by atoms with E-state index in [4.69, 9.17) is 0 Å². The number of pyridine rings is 1. The normalized spacial score (nSPS) is 10.6. The van der Waals surface area contributed by atoms with Gasteiger partial charge < -0.3 is 9.88 Å². The van der Waals surface area contributed by atoms with Crippen molar-refractivity contribution in [2.24, 2.45) is 0 Å². The van der Waals surface area contributed by atoms with Gasteiger partial charge in [0.2, 0.25) is 0 Å². The van der Waals surface area contributed by atoms with Gasteiger partial charge in [-0.25, -0.2) is 4.98 Å². The second-order valence-electron chi connectivity index (χ2n) is 3.75. The first-order valence-corrected chi connectivity index (χ1v) is 5.37. The fourth-order valence-electron chi connectivity index (χ4n) is 1.64. The van der Waals surface area contributed by atoms with Crippen LogP contribution < -0.4 is 5.32 Å². The first kappa shape index (κ1) is 10.8. The second kappa shape index (κ2) is 4.90. The maximum atomic E-state index is 4.57. The summed E-state index contributed by atoms with van der Waals surface area (Å²) in [6.45, 7) is 3.58. The van der Waals surface area contributed by atoms with Crippen molar-refractivity contribution in [3.63, 3.8) is 0 Å². The molecule has 0 bridgehead atoms. The molecule has 0 aliphatic rings. The Labute approximate surface area is 95.4 Å². The Balaban J connectivity index is 2.15. The van der Waals surface area contributed by atoms with Crippen molar-refractivity contribution < 1.29 is 0 Å². The molecule has 0 radical (unpaired) electrons. The van der Waals surface area contributed by atoms with Crippen LogP contribution in [0.1, 0.15) is 17.2 Å². The summed E-state index contributed by atoms with van der Waals surface area (Å²) in [5, 5.41) is 3.10. The fraction of sp³-hybridized carbons (Fsp3) is 0.333. The molecule has 0 amide bonds. The quantitative estimate of drug-likeness (QED) is 0.839. The Hall–Kier alpha value is -1.68. The van der Waals surface area contributed by atoms with Crippen molar-refractivity contribution in [1.82, 2.24) is 19.9 Å². The summed E-state index contributed by atoms with van der Waals surface area (Å²) in [6, 6.07) is 6.11. The first-order valence-electron chi connectivity index (χ1n) is 5.37. The predicted octanol–water partition coefficient (Wildman–Crippen LogP) is 1.35. The number of rotatable bonds is 4. The lowest BCUT2D eigenvalue weighted by Gasteiger charge is -2.06. The lowest BCUT2D eigenvalue weighted by atomic mass is 10.3. The molecule has 0 aliphatic carbocycles. The number of hydrogen-bond acceptors (Lipinski definition) is 3. The Morgan fingerprint density at radius 2 is 2.12 bits per heavy atom. The molecule has 16 heavy (non-hydrogen) atoms. The van der Waals surface area contributed by atoms with Crippen molar-refractivity contribution in [1.29, 1.82) is 0 Å². The average Bonchev–Trinajstić information content (AvgIpc) is 2.66. The molecule has 1 N–H and O–H groups in total. The van der Waals surface area contributed by atoms with E-state index >= 15 is 0 Å². The summed E-state index contributed by atoms with van der Waals surface area (Å²) < 4.78 is 2.09. The van der Waals surface area contributed by atoms with Crippen LogP contribution in [-0.2, 0) is 13.1 Å². The Kier molecular flexibility index (Phi) is 3.31. The van der Waals surface area contributed by atoms with Crippen molar-refractivity contribution >= 4 is 0 Å². The van der Waals surface area contributed by atoms with Crippen LogP contribution in [0.2, 0.25) is 0 Å². The lowest BCUT2D eigenvalue weighted by Crippen LogP contribution is -2.09. The Morgan fingerprint density at radius 1 is 1.31 bits per heavy atom. The van der Waals surface area contributed by atoms with Gasteiger partial charge >= 0.3 is 0 Å². The summed E-state index contributed by atoms with van der Waals surface area (Å²) in [6.07, 6.45) is 3.79. The van der Waals surface area contributed by atoms with Crippen LogP contribution in [0.3, 0.4) is 0 Å². The summed E-state index contributed by atoms with van der Waals surface area (Å²) >= 11 is 0. The van der Waals surface area contributed by atoms with E-state index in [1.165, 1.54) is 0 Å². The molecule has 84 valence electrons. The standard InChI is InChI=1S/C12H16N4/c1-10-14-6-7-16(10)9-12-5-3-4-11(15-12)8-13-2/h3-7,13H,8-9H2,1-2H3. The zero-order chi connectivity index (χ0) is 11.4. The molecule has 0 fully saturated rings. The smallest absolute Gasteiger partial charge is 0.105 e. The lowest BCUT2D eigenvalue weighted by molar-refractivity contribution is 0.723. The molecule has 0 atom stereocenters. The Bertz CT molecular complexity index is 462.